The first-order valence-corrected chi connectivity index (χ1v) is 6.78. The highest BCUT2D eigenvalue weighted by Crippen LogP contribution is 2.14. The predicted octanol–water partition coefficient (Wildman–Crippen LogP) is 2.76. The molecule has 0 aliphatic rings. The fourth-order valence-electron chi connectivity index (χ4n) is 1.61. The van der Waals surface area contributed by atoms with Gasteiger partial charge in [-0.2, -0.15) is 4.37 Å². The lowest BCUT2D eigenvalue weighted by Crippen LogP contribution is -2.04. The van der Waals surface area contributed by atoms with E-state index < -0.39 is 0 Å². The largest absolute Gasteiger partial charge is 0.497 e. The first kappa shape index (κ1) is 12.8. The second-order valence-electron chi connectivity index (χ2n) is 3.90. The monoisotopic (exact) mass is 263 g/mol. The summed E-state index contributed by atoms with van der Waals surface area (Å²) in [7, 11) is 1.69. The Morgan fingerprint density at radius 1 is 1.39 bits per heavy atom. The molecule has 5 heteroatoms. The molecule has 0 spiro atoms. The van der Waals surface area contributed by atoms with E-state index in [2.05, 4.69) is 33.7 Å². The van der Waals surface area contributed by atoms with Crippen molar-refractivity contribution in [2.24, 2.45) is 0 Å². The number of nitrogens with zero attached hydrogens (tertiary/aromatic N) is 2. The Morgan fingerprint density at radius 2 is 2.28 bits per heavy atom. The van der Waals surface area contributed by atoms with E-state index in [1.807, 2.05) is 12.1 Å². The van der Waals surface area contributed by atoms with Gasteiger partial charge in [0.1, 0.15) is 11.6 Å². The van der Waals surface area contributed by atoms with Crippen molar-refractivity contribution in [3.8, 4) is 5.75 Å². The Balaban J connectivity index is 1.84. The maximum absolute atomic E-state index is 5.20. The molecule has 0 aliphatic carbocycles. The van der Waals surface area contributed by atoms with Crippen molar-refractivity contribution in [3.63, 3.8) is 0 Å². The number of aryl methyl sites for hydroxylation is 1. The molecular weight excluding hydrogens is 246 g/mol. The molecule has 0 bridgehead atoms. The van der Waals surface area contributed by atoms with Crippen molar-refractivity contribution >= 4 is 16.7 Å². The van der Waals surface area contributed by atoms with Crippen LogP contribution in [0.4, 0.5) is 5.13 Å². The van der Waals surface area contributed by atoms with Gasteiger partial charge in [-0.1, -0.05) is 19.1 Å². The Morgan fingerprint density at radius 3 is 3.00 bits per heavy atom. The first-order chi connectivity index (χ1) is 8.81. The number of benzene rings is 1. The van der Waals surface area contributed by atoms with Crippen molar-refractivity contribution in [3.05, 3.63) is 35.7 Å². The minimum absolute atomic E-state index is 0.853. The molecule has 2 rings (SSSR count). The molecule has 4 nitrogen and oxygen atoms in total. The highest BCUT2D eigenvalue weighted by Gasteiger charge is 2.01. The number of hydrogen-bond donors (Lipinski definition) is 1. The topological polar surface area (TPSA) is 47.0 Å². The van der Waals surface area contributed by atoms with Crippen molar-refractivity contribution in [2.75, 3.05) is 19.0 Å². The van der Waals surface area contributed by atoms with Gasteiger partial charge in [-0.05, 0) is 24.1 Å². The second kappa shape index (κ2) is 6.35. The summed E-state index contributed by atoms with van der Waals surface area (Å²) in [6.07, 6.45) is 1.83. The Kier molecular flexibility index (Phi) is 4.52. The predicted molar refractivity (Wildman–Crippen MR) is 74.5 cm³/mol. The first-order valence-electron chi connectivity index (χ1n) is 6.01. The summed E-state index contributed by atoms with van der Waals surface area (Å²) in [5, 5.41) is 4.19. The minimum atomic E-state index is 0.853. The highest BCUT2D eigenvalue weighted by molar-refractivity contribution is 7.09. The van der Waals surface area contributed by atoms with Crippen LogP contribution in [0.5, 0.6) is 5.75 Å². The zero-order valence-corrected chi connectivity index (χ0v) is 11.5. The molecule has 1 aromatic carbocycles. The molecule has 18 heavy (non-hydrogen) atoms. The molecule has 1 N–H and O–H groups in total. The van der Waals surface area contributed by atoms with Crippen LogP contribution >= 0.6 is 11.5 Å². The van der Waals surface area contributed by atoms with Crippen molar-refractivity contribution in [2.45, 2.75) is 19.8 Å². The standard InChI is InChI=1S/C13H17N3OS/c1-3-12-15-13(18-16-12)14-8-7-10-5-4-6-11(9-10)17-2/h4-6,9H,3,7-8H2,1-2H3,(H,14,15,16). The minimum Gasteiger partial charge on any atom is -0.497 e. The van der Waals surface area contributed by atoms with Crippen molar-refractivity contribution in [1.29, 1.82) is 0 Å². The third-order valence-electron chi connectivity index (χ3n) is 2.61. The van der Waals surface area contributed by atoms with Gasteiger partial charge in [0.05, 0.1) is 7.11 Å². The summed E-state index contributed by atoms with van der Waals surface area (Å²) in [6.45, 7) is 2.91. The molecular formula is C13H17N3OS. The molecule has 0 atom stereocenters. The summed E-state index contributed by atoms with van der Waals surface area (Å²) in [6, 6.07) is 8.12. The van der Waals surface area contributed by atoms with Crippen LogP contribution in [0.15, 0.2) is 24.3 Å². The average Bonchev–Trinajstić information content (AvgIpc) is 2.87. The Hall–Kier alpha value is -1.62. The zero-order chi connectivity index (χ0) is 12.8. The Labute approximate surface area is 111 Å². The molecule has 1 aromatic heterocycles. The van der Waals surface area contributed by atoms with Gasteiger partial charge >= 0.3 is 0 Å². The van der Waals surface area contributed by atoms with E-state index in [4.69, 9.17) is 4.74 Å². The summed E-state index contributed by atoms with van der Waals surface area (Å²) in [5.74, 6) is 1.81. The maximum atomic E-state index is 5.20. The lowest BCUT2D eigenvalue weighted by Gasteiger charge is -2.04. The molecule has 1 heterocycles. The van der Waals surface area contributed by atoms with Gasteiger partial charge in [0.2, 0.25) is 5.13 Å². The van der Waals surface area contributed by atoms with E-state index in [9.17, 15) is 0 Å². The van der Waals surface area contributed by atoms with Gasteiger partial charge in [-0.3, -0.25) is 0 Å². The number of aromatic nitrogens is 2. The third kappa shape index (κ3) is 3.43. The number of methoxy groups -OCH3 is 1. The van der Waals surface area contributed by atoms with E-state index in [0.29, 0.717) is 0 Å². The van der Waals surface area contributed by atoms with Crippen LogP contribution in [0.3, 0.4) is 0 Å². The molecule has 96 valence electrons. The molecule has 0 radical (unpaired) electrons. The quantitative estimate of drug-likeness (QED) is 0.870. The summed E-state index contributed by atoms with van der Waals surface area (Å²) < 4.78 is 9.43. The fraction of sp³-hybridized carbons (Fsp3) is 0.385. The molecule has 2 aromatic rings. The average molecular weight is 263 g/mol. The highest BCUT2D eigenvalue weighted by atomic mass is 32.1. The molecule has 0 amide bonds. The maximum Gasteiger partial charge on any atom is 0.202 e. The van der Waals surface area contributed by atoms with E-state index in [1.165, 1.54) is 17.1 Å². The lowest BCUT2D eigenvalue weighted by atomic mass is 10.1. The number of hydrogen-bond acceptors (Lipinski definition) is 5. The number of nitrogens with one attached hydrogen (secondary N) is 1. The van der Waals surface area contributed by atoms with Gasteiger partial charge in [0.25, 0.3) is 0 Å². The van der Waals surface area contributed by atoms with Gasteiger partial charge in [0.15, 0.2) is 0 Å². The van der Waals surface area contributed by atoms with Crippen molar-refractivity contribution in [1.82, 2.24) is 9.36 Å². The van der Waals surface area contributed by atoms with Crippen LogP contribution in [0.1, 0.15) is 18.3 Å². The SMILES string of the molecule is CCc1nsc(NCCc2cccc(OC)c2)n1. The van der Waals surface area contributed by atoms with Gasteiger partial charge in [-0.15, -0.1) is 0 Å². The molecule has 0 aliphatic heterocycles. The fourth-order valence-corrected chi connectivity index (χ4v) is 2.29. The van der Waals surface area contributed by atoms with E-state index >= 15 is 0 Å². The van der Waals surface area contributed by atoms with Crippen LogP contribution in [0, 0.1) is 0 Å². The number of anilines is 1. The summed E-state index contributed by atoms with van der Waals surface area (Å²) in [4.78, 5) is 4.37. The van der Waals surface area contributed by atoms with Crippen LogP contribution in [-0.4, -0.2) is 23.0 Å². The molecule has 0 unspecified atom stereocenters. The molecule has 0 saturated heterocycles. The van der Waals surface area contributed by atoms with E-state index in [-0.39, 0.29) is 0 Å². The van der Waals surface area contributed by atoms with Crippen LogP contribution in [-0.2, 0) is 12.8 Å². The Bertz CT molecular complexity index is 498. The van der Waals surface area contributed by atoms with Crippen LogP contribution in [0.25, 0.3) is 0 Å². The van der Waals surface area contributed by atoms with Gasteiger partial charge in [-0.25, -0.2) is 4.98 Å². The second-order valence-corrected chi connectivity index (χ2v) is 4.65. The molecule has 0 fully saturated rings. The van der Waals surface area contributed by atoms with Crippen molar-refractivity contribution < 1.29 is 4.74 Å². The molecule has 0 saturated carbocycles. The number of rotatable bonds is 6. The summed E-state index contributed by atoms with van der Waals surface area (Å²) >= 11 is 1.42. The van der Waals surface area contributed by atoms with Gasteiger partial charge < -0.3 is 10.1 Å². The van der Waals surface area contributed by atoms with E-state index in [1.54, 1.807) is 7.11 Å². The lowest BCUT2D eigenvalue weighted by molar-refractivity contribution is 0.414. The smallest absolute Gasteiger partial charge is 0.202 e. The third-order valence-corrected chi connectivity index (χ3v) is 3.32. The zero-order valence-electron chi connectivity index (χ0n) is 10.6. The number of ether oxygens (including phenoxy) is 1. The summed E-state index contributed by atoms with van der Waals surface area (Å²) in [5.41, 5.74) is 1.25. The van der Waals surface area contributed by atoms with E-state index in [0.717, 1.165) is 36.1 Å². The normalized spacial score (nSPS) is 10.3. The van der Waals surface area contributed by atoms with Crippen LogP contribution < -0.4 is 10.1 Å². The van der Waals surface area contributed by atoms with Crippen LogP contribution in [0.2, 0.25) is 0 Å². The van der Waals surface area contributed by atoms with Gasteiger partial charge in [0, 0.05) is 24.5 Å².